The quantitative estimate of drug-likeness (QED) is 0.891. The summed E-state index contributed by atoms with van der Waals surface area (Å²) in [6, 6.07) is 9.60. The van der Waals surface area contributed by atoms with Crippen molar-refractivity contribution in [3.05, 3.63) is 35.6 Å². The zero-order valence-corrected chi connectivity index (χ0v) is 11.4. The van der Waals surface area contributed by atoms with Gasteiger partial charge in [0.1, 0.15) is 0 Å². The summed E-state index contributed by atoms with van der Waals surface area (Å²) < 4.78 is 0. The molecule has 0 aliphatic rings. The predicted octanol–water partition coefficient (Wildman–Crippen LogP) is 3.34. The van der Waals surface area contributed by atoms with E-state index in [2.05, 4.69) is 25.6 Å². The summed E-state index contributed by atoms with van der Waals surface area (Å²) in [6.45, 7) is 4.00. The number of aromatic nitrogens is 3. The molecule has 2 aromatic rings. The molecule has 2 rings (SSSR count). The van der Waals surface area contributed by atoms with Crippen LogP contribution < -0.4 is 10.6 Å². The molecule has 1 heterocycles. The molecule has 1 aromatic carbocycles. The first kappa shape index (κ1) is 14.2. The van der Waals surface area contributed by atoms with Crippen LogP contribution in [-0.2, 0) is 0 Å². The summed E-state index contributed by atoms with van der Waals surface area (Å²) in [5.41, 5.74) is 0.895. The molecule has 96 valence electrons. The maximum Gasteiger partial charge on any atom is 0.233 e. The van der Waals surface area contributed by atoms with Crippen LogP contribution in [0, 0.1) is 0 Å². The van der Waals surface area contributed by atoms with Crippen LogP contribution >= 0.6 is 11.6 Å². The molecular formula is C12H16ClN5. The lowest BCUT2D eigenvalue weighted by Crippen LogP contribution is -2.03. The number of hydrogen-bond donors (Lipinski definition) is 2. The van der Waals surface area contributed by atoms with Crippen molar-refractivity contribution >= 4 is 29.2 Å². The van der Waals surface area contributed by atoms with Crippen LogP contribution in [0.1, 0.15) is 13.8 Å². The predicted molar refractivity (Wildman–Crippen MR) is 75.5 cm³/mol. The van der Waals surface area contributed by atoms with Gasteiger partial charge >= 0.3 is 0 Å². The van der Waals surface area contributed by atoms with Crippen LogP contribution in [0.4, 0.5) is 17.6 Å². The number of hydrogen-bond acceptors (Lipinski definition) is 5. The zero-order chi connectivity index (χ0) is 13.4. The highest BCUT2D eigenvalue weighted by molar-refractivity contribution is 6.28. The molecule has 0 bridgehead atoms. The molecule has 0 aliphatic carbocycles. The summed E-state index contributed by atoms with van der Waals surface area (Å²) in [7, 11) is 1.72. The highest BCUT2D eigenvalue weighted by Gasteiger charge is 2.03. The molecule has 0 saturated carbocycles. The van der Waals surface area contributed by atoms with Gasteiger partial charge in [0.2, 0.25) is 17.2 Å². The van der Waals surface area contributed by atoms with Crippen molar-refractivity contribution in [1.82, 2.24) is 15.0 Å². The summed E-state index contributed by atoms with van der Waals surface area (Å²) >= 11 is 5.75. The Balaban J connectivity index is 0.000000771. The van der Waals surface area contributed by atoms with Crippen LogP contribution in [0.5, 0.6) is 0 Å². The third-order valence-corrected chi connectivity index (χ3v) is 2.03. The molecule has 0 saturated heterocycles. The molecule has 2 N–H and O–H groups in total. The third-order valence-electron chi connectivity index (χ3n) is 1.86. The van der Waals surface area contributed by atoms with E-state index in [4.69, 9.17) is 11.6 Å². The molecule has 0 unspecified atom stereocenters. The van der Waals surface area contributed by atoms with Gasteiger partial charge in [-0.15, -0.1) is 0 Å². The van der Waals surface area contributed by atoms with Crippen molar-refractivity contribution in [3.63, 3.8) is 0 Å². The fourth-order valence-electron chi connectivity index (χ4n) is 1.17. The van der Waals surface area contributed by atoms with E-state index in [0.717, 1.165) is 5.69 Å². The van der Waals surface area contributed by atoms with Crippen molar-refractivity contribution in [3.8, 4) is 0 Å². The number of benzene rings is 1. The average molecular weight is 266 g/mol. The molecular weight excluding hydrogens is 250 g/mol. The Hall–Kier alpha value is -1.88. The summed E-state index contributed by atoms with van der Waals surface area (Å²) in [5.74, 6) is 0.842. The Bertz CT molecular complexity index is 475. The molecule has 18 heavy (non-hydrogen) atoms. The second-order valence-corrected chi connectivity index (χ2v) is 3.33. The third kappa shape index (κ3) is 4.18. The van der Waals surface area contributed by atoms with Gasteiger partial charge in [-0.05, 0) is 23.7 Å². The monoisotopic (exact) mass is 265 g/mol. The van der Waals surface area contributed by atoms with Gasteiger partial charge in [0, 0.05) is 12.7 Å². The maximum absolute atomic E-state index is 5.75. The highest BCUT2D eigenvalue weighted by Crippen LogP contribution is 2.14. The van der Waals surface area contributed by atoms with Crippen molar-refractivity contribution in [2.24, 2.45) is 0 Å². The normalized spacial score (nSPS) is 9.11. The molecule has 5 nitrogen and oxygen atoms in total. The number of nitrogens with one attached hydrogen (secondary N) is 2. The maximum atomic E-state index is 5.75. The molecule has 1 aromatic heterocycles. The van der Waals surface area contributed by atoms with Crippen LogP contribution in [-0.4, -0.2) is 22.0 Å². The zero-order valence-electron chi connectivity index (χ0n) is 10.6. The van der Waals surface area contributed by atoms with Crippen LogP contribution in [0.15, 0.2) is 30.3 Å². The minimum atomic E-state index is 0.151. The van der Waals surface area contributed by atoms with E-state index in [9.17, 15) is 0 Å². The Morgan fingerprint density at radius 3 is 2.17 bits per heavy atom. The number of rotatable bonds is 3. The van der Waals surface area contributed by atoms with Gasteiger partial charge in [0.05, 0.1) is 0 Å². The number of nitrogens with zero attached hydrogens (tertiary/aromatic N) is 3. The van der Waals surface area contributed by atoms with Crippen LogP contribution in [0.3, 0.4) is 0 Å². The van der Waals surface area contributed by atoms with Crippen LogP contribution in [0.25, 0.3) is 0 Å². The summed E-state index contributed by atoms with van der Waals surface area (Å²) in [4.78, 5) is 12.0. The highest BCUT2D eigenvalue weighted by atomic mass is 35.5. The lowest BCUT2D eigenvalue weighted by molar-refractivity contribution is 1.05. The minimum absolute atomic E-state index is 0.151. The molecule has 0 spiro atoms. The fourth-order valence-corrected chi connectivity index (χ4v) is 1.33. The Labute approximate surface area is 112 Å². The topological polar surface area (TPSA) is 62.7 Å². The van der Waals surface area contributed by atoms with Crippen molar-refractivity contribution < 1.29 is 0 Å². The fraction of sp³-hybridized carbons (Fsp3) is 0.250. The molecule has 0 atom stereocenters. The standard InChI is InChI=1S/C10H10ClN5.C2H6/c1-12-9-14-8(11)15-10(16-9)13-7-5-3-2-4-6-7;1-2/h2-6H,1H3,(H2,12,13,14,15,16);1-2H3. The lowest BCUT2D eigenvalue weighted by atomic mass is 10.3. The first-order valence-corrected chi connectivity index (χ1v) is 6.07. The number of halogens is 1. The van der Waals surface area contributed by atoms with Gasteiger partial charge in [-0.25, -0.2) is 0 Å². The van der Waals surface area contributed by atoms with Gasteiger partial charge in [0.25, 0.3) is 0 Å². The van der Waals surface area contributed by atoms with E-state index in [1.54, 1.807) is 7.05 Å². The lowest BCUT2D eigenvalue weighted by Gasteiger charge is -2.05. The summed E-state index contributed by atoms with van der Waals surface area (Å²) in [5, 5.41) is 5.99. The average Bonchev–Trinajstić information content (AvgIpc) is 2.41. The van der Waals surface area contributed by atoms with Gasteiger partial charge in [-0.2, -0.15) is 15.0 Å². The molecule has 0 amide bonds. The van der Waals surface area contributed by atoms with E-state index in [1.165, 1.54) is 0 Å². The van der Waals surface area contributed by atoms with E-state index in [1.807, 2.05) is 44.2 Å². The molecule has 0 radical (unpaired) electrons. The summed E-state index contributed by atoms with van der Waals surface area (Å²) in [6.07, 6.45) is 0. The van der Waals surface area contributed by atoms with Crippen molar-refractivity contribution in [1.29, 1.82) is 0 Å². The largest absolute Gasteiger partial charge is 0.357 e. The van der Waals surface area contributed by atoms with E-state index >= 15 is 0 Å². The van der Waals surface area contributed by atoms with E-state index in [0.29, 0.717) is 11.9 Å². The van der Waals surface area contributed by atoms with E-state index < -0.39 is 0 Å². The first-order valence-electron chi connectivity index (χ1n) is 5.69. The Kier molecular flexibility index (Phi) is 5.87. The first-order chi connectivity index (χ1) is 8.78. The van der Waals surface area contributed by atoms with Gasteiger partial charge in [-0.1, -0.05) is 32.0 Å². The number of para-hydroxylation sites is 1. The van der Waals surface area contributed by atoms with Gasteiger partial charge < -0.3 is 10.6 Å². The van der Waals surface area contributed by atoms with Crippen molar-refractivity contribution in [2.75, 3.05) is 17.7 Å². The van der Waals surface area contributed by atoms with E-state index in [-0.39, 0.29) is 5.28 Å². The number of anilines is 3. The molecule has 0 aliphatic heterocycles. The molecule has 0 fully saturated rings. The smallest absolute Gasteiger partial charge is 0.233 e. The van der Waals surface area contributed by atoms with Gasteiger partial charge in [-0.3, -0.25) is 0 Å². The Morgan fingerprint density at radius 1 is 0.944 bits per heavy atom. The Morgan fingerprint density at radius 2 is 1.56 bits per heavy atom. The minimum Gasteiger partial charge on any atom is -0.357 e. The van der Waals surface area contributed by atoms with Crippen LogP contribution in [0.2, 0.25) is 5.28 Å². The van der Waals surface area contributed by atoms with Gasteiger partial charge in [0.15, 0.2) is 0 Å². The second kappa shape index (κ2) is 7.45. The molecule has 6 heteroatoms. The SMILES string of the molecule is CC.CNc1nc(Cl)nc(Nc2ccccc2)n1. The van der Waals surface area contributed by atoms with Crippen molar-refractivity contribution in [2.45, 2.75) is 13.8 Å². The second-order valence-electron chi connectivity index (χ2n) is 2.99.